The summed E-state index contributed by atoms with van der Waals surface area (Å²) in [5.74, 6) is 1.85. The van der Waals surface area contributed by atoms with Crippen LogP contribution in [-0.4, -0.2) is 17.2 Å². The summed E-state index contributed by atoms with van der Waals surface area (Å²) in [6, 6.07) is 0. The second-order valence-corrected chi connectivity index (χ2v) is 5.82. The fourth-order valence-corrected chi connectivity index (χ4v) is 4.03. The average Bonchev–Trinajstić information content (AvgIpc) is 2.46. The van der Waals surface area contributed by atoms with Crippen LogP contribution in [0.25, 0.3) is 0 Å². The SMILES string of the molecule is CC(C)C1CC2CCCNC2S1. The minimum absolute atomic E-state index is 0.797. The van der Waals surface area contributed by atoms with Gasteiger partial charge in [-0.2, -0.15) is 0 Å². The highest BCUT2D eigenvalue weighted by atomic mass is 32.2. The molecule has 0 saturated carbocycles. The normalized spacial score (nSPS) is 41.8. The van der Waals surface area contributed by atoms with Gasteiger partial charge in [-0.15, -0.1) is 11.8 Å². The molecule has 0 aromatic rings. The van der Waals surface area contributed by atoms with Crippen LogP contribution in [0.3, 0.4) is 0 Å². The van der Waals surface area contributed by atoms with Crippen molar-refractivity contribution in [3.8, 4) is 0 Å². The molecule has 2 heterocycles. The average molecular weight is 185 g/mol. The van der Waals surface area contributed by atoms with E-state index in [4.69, 9.17) is 0 Å². The van der Waals surface area contributed by atoms with E-state index in [-0.39, 0.29) is 0 Å². The predicted octanol–water partition coefficient (Wildman–Crippen LogP) is 2.47. The molecule has 0 aliphatic carbocycles. The second kappa shape index (κ2) is 3.59. The molecule has 0 spiro atoms. The lowest BCUT2D eigenvalue weighted by Crippen LogP contribution is -2.35. The first-order chi connectivity index (χ1) is 5.77. The molecule has 70 valence electrons. The van der Waals surface area contributed by atoms with Crippen LogP contribution >= 0.6 is 11.8 Å². The van der Waals surface area contributed by atoms with Gasteiger partial charge in [-0.25, -0.2) is 0 Å². The number of hydrogen-bond donors (Lipinski definition) is 1. The topological polar surface area (TPSA) is 12.0 Å². The van der Waals surface area contributed by atoms with Gasteiger partial charge in [0.15, 0.2) is 0 Å². The standard InChI is InChI=1S/C10H19NS/c1-7(2)9-6-8-4-3-5-11-10(8)12-9/h7-11H,3-6H2,1-2H3. The Kier molecular flexibility index (Phi) is 2.66. The summed E-state index contributed by atoms with van der Waals surface area (Å²) in [5, 5.41) is 5.35. The van der Waals surface area contributed by atoms with Gasteiger partial charge in [-0.3, -0.25) is 0 Å². The number of hydrogen-bond acceptors (Lipinski definition) is 2. The molecule has 1 N–H and O–H groups in total. The molecule has 2 saturated heterocycles. The minimum atomic E-state index is 0.797. The van der Waals surface area contributed by atoms with E-state index in [1.807, 2.05) is 0 Å². The van der Waals surface area contributed by atoms with Gasteiger partial charge in [-0.05, 0) is 37.6 Å². The molecule has 2 aliphatic rings. The van der Waals surface area contributed by atoms with Crippen molar-refractivity contribution in [1.82, 2.24) is 5.32 Å². The van der Waals surface area contributed by atoms with Crippen LogP contribution < -0.4 is 5.32 Å². The van der Waals surface area contributed by atoms with Crippen LogP contribution in [-0.2, 0) is 0 Å². The lowest BCUT2D eigenvalue weighted by molar-refractivity contribution is 0.342. The molecule has 0 radical (unpaired) electrons. The summed E-state index contributed by atoms with van der Waals surface area (Å²) < 4.78 is 0. The van der Waals surface area contributed by atoms with Crippen molar-refractivity contribution < 1.29 is 0 Å². The third kappa shape index (κ3) is 1.64. The van der Waals surface area contributed by atoms with Gasteiger partial charge in [0, 0.05) is 5.25 Å². The number of fused-ring (bicyclic) bond motifs is 1. The summed E-state index contributed by atoms with van der Waals surface area (Å²) in [6.45, 7) is 5.96. The van der Waals surface area contributed by atoms with E-state index in [1.54, 1.807) is 0 Å². The van der Waals surface area contributed by atoms with Crippen LogP contribution in [0, 0.1) is 11.8 Å². The molecule has 12 heavy (non-hydrogen) atoms. The Labute approximate surface area is 79.7 Å². The van der Waals surface area contributed by atoms with E-state index in [2.05, 4.69) is 30.9 Å². The van der Waals surface area contributed by atoms with E-state index in [9.17, 15) is 0 Å². The second-order valence-electron chi connectivity index (χ2n) is 4.43. The van der Waals surface area contributed by atoms with Gasteiger partial charge in [-0.1, -0.05) is 13.8 Å². The Bertz CT molecular complexity index is 144. The van der Waals surface area contributed by atoms with Crippen molar-refractivity contribution in [3.63, 3.8) is 0 Å². The third-order valence-corrected chi connectivity index (χ3v) is 5.06. The highest BCUT2D eigenvalue weighted by molar-refractivity contribution is 8.00. The molecule has 0 amide bonds. The fourth-order valence-electron chi connectivity index (χ4n) is 2.30. The highest BCUT2D eigenvalue weighted by Gasteiger charge is 2.37. The van der Waals surface area contributed by atoms with Gasteiger partial charge in [0.05, 0.1) is 5.37 Å². The van der Waals surface area contributed by atoms with Crippen molar-refractivity contribution in [2.75, 3.05) is 6.54 Å². The van der Waals surface area contributed by atoms with Gasteiger partial charge in [0.2, 0.25) is 0 Å². The van der Waals surface area contributed by atoms with Crippen molar-refractivity contribution in [1.29, 1.82) is 0 Å². The van der Waals surface area contributed by atoms with Gasteiger partial charge in [0.25, 0.3) is 0 Å². The summed E-state index contributed by atoms with van der Waals surface area (Å²) in [4.78, 5) is 0. The first kappa shape index (κ1) is 8.89. The minimum Gasteiger partial charge on any atom is -0.305 e. The summed E-state index contributed by atoms with van der Waals surface area (Å²) >= 11 is 2.19. The molecule has 0 aromatic carbocycles. The van der Waals surface area contributed by atoms with E-state index in [0.717, 1.165) is 22.5 Å². The zero-order valence-corrected chi connectivity index (χ0v) is 8.86. The molecular formula is C10H19NS. The number of thioether (sulfide) groups is 1. The molecule has 0 bridgehead atoms. The van der Waals surface area contributed by atoms with Crippen molar-refractivity contribution in [2.24, 2.45) is 11.8 Å². The van der Waals surface area contributed by atoms with Crippen LogP contribution in [0.15, 0.2) is 0 Å². The summed E-state index contributed by atoms with van der Waals surface area (Å²) in [6.07, 6.45) is 4.32. The largest absolute Gasteiger partial charge is 0.305 e. The predicted molar refractivity (Wildman–Crippen MR) is 55.3 cm³/mol. The molecule has 2 heteroatoms. The Hall–Kier alpha value is 0.310. The maximum Gasteiger partial charge on any atom is 0.0564 e. The van der Waals surface area contributed by atoms with Gasteiger partial charge < -0.3 is 5.32 Å². The molecule has 2 aliphatic heterocycles. The lowest BCUT2D eigenvalue weighted by Gasteiger charge is -2.25. The van der Waals surface area contributed by atoms with Crippen molar-refractivity contribution in [2.45, 2.75) is 43.7 Å². The Morgan fingerprint density at radius 2 is 2.25 bits per heavy atom. The van der Waals surface area contributed by atoms with Crippen LogP contribution in [0.4, 0.5) is 0 Å². The van der Waals surface area contributed by atoms with E-state index in [1.165, 1.54) is 25.8 Å². The number of nitrogens with one attached hydrogen (secondary N) is 1. The lowest BCUT2D eigenvalue weighted by atomic mass is 9.92. The van der Waals surface area contributed by atoms with Crippen molar-refractivity contribution >= 4 is 11.8 Å². The zero-order chi connectivity index (χ0) is 8.55. The fraction of sp³-hybridized carbons (Fsp3) is 1.00. The maximum atomic E-state index is 3.63. The van der Waals surface area contributed by atoms with Crippen molar-refractivity contribution in [3.05, 3.63) is 0 Å². The molecule has 2 rings (SSSR count). The Morgan fingerprint density at radius 3 is 2.92 bits per heavy atom. The van der Waals surface area contributed by atoms with E-state index in [0.29, 0.717) is 0 Å². The van der Waals surface area contributed by atoms with E-state index < -0.39 is 0 Å². The Morgan fingerprint density at radius 1 is 1.42 bits per heavy atom. The quantitative estimate of drug-likeness (QED) is 0.673. The Balaban J connectivity index is 1.94. The highest BCUT2D eigenvalue weighted by Crippen LogP contribution is 2.43. The summed E-state index contributed by atoms with van der Waals surface area (Å²) in [5.41, 5.74) is 0. The molecular weight excluding hydrogens is 166 g/mol. The first-order valence-electron chi connectivity index (χ1n) is 5.16. The van der Waals surface area contributed by atoms with Gasteiger partial charge >= 0.3 is 0 Å². The zero-order valence-electron chi connectivity index (χ0n) is 8.05. The van der Waals surface area contributed by atoms with Crippen LogP contribution in [0.5, 0.6) is 0 Å². The monoisotopic (exact) mass is 185 g/mol. The van der Waals surface area contributed by atoms with Gasteiger partial charge in [0.1, 0.15) is 0 Å². The molecule has 1 nitrogen and oxygen atoms in total. The number of rotatable bonds is 1. The molecule has 3 atom stereocenters. The number of piperidine rings is 1. The molecule has 0 aromatic heterocycles. The van der Waals surface area contributed by atoms with E-state index >= 15 is 0 Å². The maximum absolute atomic E-state index is 3.63. The summed E-state index contributed by atoms with van der Waals surface area (Å²) in [7, 11) is 0. The third-order valence-electron chi connectivity index (χ3n) is 3.13. The smallest absolute Gasteiger partial charge is 0.0564 e. The van der Waals surface area contributed by atoms with Crippen LogP contribution in [0.2, 0.25) is 0 Å². The van der Waals surface area contributed by atoms with Crippen LogP contribution in [0.1, 0.15) is 33.1 Å². The first-order valence-corrected chi connectivity index (χ1v) is 6.10. The molecule has 2 fully saturated rings. The molecule has 3 unspecified atom stereocenters.